The van der Waals surface area contributed by atoms with E-state index in [0.29, 0.717) is 6.42 Å². The van der Waals surface area contributed by atoms with Crippen molar-refractivity contribution in [2.45, 2.75) is 154 Å². The molecule has 6 N–H and O–H groups in total. The van der Waals surface area contributed by atoms with Gasteiger partial charge in [0.2, 0.25) is 0 Å². The summed E-state index contributed by atoms with van der Waals surface area (Å²) in [6, 6.07) is -1.11. The van der Waals surface area contributed by atoms with Crippen LogP contribution in [0.2, 0.25) is 0 Å². The zero-order valence-electron chi connectivity index (χ0n) is 23.3. The highest BCUT2D eigenvalue weighted by Gasteiger charge is 2.48. The lowest BCUT2D eigenvalue weighted by Crippen LogP contribution is -2.70. The number of carbonyl (C=O) groups is 2. The van der Waals surface area contributed by atoms with Gasteiger partial charge in [-0.05, 0) is 93.9 Å². The van der Waals surface area contributed by atoms with Crippen LogP contribution in [0.25, 0.3) is 0 Å². The van der Waals surface area contributed by atoms with Gasteiger partial charge in [-0.15, -0.1) is 0 Å². The molecule has 2 saturated heterocycles. The predicted molar refractivity (Wildman–Crippen MR) is 139 cm³/mol. The molecule has 8 heteroatoms. The molecule has 0 aliphatic carbocycles. The maximum Gasteiger partial charge on any atom is 0.316 e. The zero-order valence-corrected chi connectivity index (χ0v) is 23.3. The van der Waals surface area contributed by atoms with E-state index in [0.717, 1.165) is 44.9 Å². The molecule has 0 aromatic rings. The van der Waals surface area contributed by atoms with Gasteiger partial charge >= 0.3 is 12.1 Å². The fourth-order valence-electron chi connectivity index (χ4n) is 7.06. The predicted octanol–water partition coefficient (Wildman–Crippen LogP) is 4.27. The standard InChI is InChI=1S/C26H52N6O2/c1-10-11-12-13-20(31(21(27)33)18-14-23(2,3)29-24(4,5)15-18)32(22(28)34)19-16-25(6,7)30-26(8,9)17-19/h18-20,29-30H,10-17H2,1-9H3,(H2,27,33)(H2,28,34). The first kappa shape index (κ1) is 28.7. The third-order valence-electron chi connectivity index (χ3n) is 7.34. The van der Waals surface area contributed by atoms with Crippen molar-refractivity contribution in [3.05, 3.63) is 0 Å². The second-order valence-electron chi connectivity index (χ2n) is 13.4. The number of rotatable bonds is 8. The van der Waals surface area contributed by atoms with Crippen LogP contribution in [0, 0.1) is 0 Å². The molecule has 0 aromatic heterocycles. The smallest absolute Gasteiger partial charge is 0.316 e. The Morgan fingerprint density at radius 2 is 1.06 bits per heavy atom. The fraction of sp³-hybridized carbons (Fsp3) is 0.923. The third kappa shape index (κ3) is 7.48. The van der Waals surface area contributed by atoms with Crippen molar-refractivity contribution in [2.24, 2.45) is 11.5 Å². The molecule has 2 aliphatic rings. The Labute approximate surface area is 207 Å². The number of nitrogens with zero attached hydrogens (tertiary/aromatic N) is 2. The highest BCUT2D eigenvalue weighted by atomic mass is 16.2. The molecular weight excluding hydrogens is 428 g/mol. The van der Waals surface area contributed by atoms with Gasteiger partial charge in [0.1, 0.15) is 6.17 Å². The highest BCUT2D eigenvalue weighted by Crippen LogP contribution is 2.37. The van der Waals surface area contributed by atoms with Crippen LogP contribution in [0.3, 0.4) is 0 Å². The van der Waals surface area contributed by atoms with E-state index in [4.69, 9.17) is 11.5 Å². The highest BCUT2D eigenvalue weighted by molar-refractivity contribution is 5.76. The van der Waals surface area contributed by atoms with Crippen LogP contribution in [0.15, 0.2) is 0 Å². The van der Waals surface area contributed by atoms with Crippen molar-refractivity contribution in [2.75, 3.05) is 0 Å². The average molecular weight is 481 g/mol. The largest absolute Gasteiger partial charge is 0.351 e. The number of carbonyl (C=O) groups excluding carboxylic acids is 2. The first-order valence-electron chi connectivity index (χ1n) is 13.1. The molecule has 0 bridgehead atoms. The molecule has 2 rings (SSSR count). The summed E-state index contributed by atoms with van der Waals surface area (Å²) in [5.41, 5.74) is 11.5. The summed E-state index contributed by atoms with van der Waals surface area (Å²) in [5, 5.41) is 7.38. The topological polar surface area (TPSA) is 117 Å². The Morgan fingerprint density at radius 3 is 1.32 bits per heavy atom. The molecule has 0 aromatic carbocycles. The lowest BCUT2D eigenvalue weighted by atomic mass is 9.78. The molecule has 0 unspecified atom stereocenters. The molecule has 0 radical (unpaired) electrons. The van der Waals surface area contributed by atoms with Crippen LogP contribution < -0.4 is 22.1 Å². The number of urea groups is 2. The van der Waals surface area contributed by atoms with E-state index in [1.54, 1.807) is 9.80 Å². The van der Waals surface area contributed by atoms with E-state index in [1.807, 2.05) is 0 Å². The summed E-state index contributed by atoms with van der Waals surface area (Å²) < 4.78 is 0. The monoisotopic (exact) mass is 480 g/mol. The maximum absolute atomic E-state index is 13.1. The van der Waals surface area contributed by atoms with Gasteiger partial charge in [-0.1, -0.05) is 19.8 Å². The van der Waals surface area contributed by atoms with Crippen molar-refractivity contribution in [1.82, 2.24) is 20.4 Å². The van der Waals surface area contributed by atoms with Gasteiger partial charge in [-0.3, -0.25) is 0 Å². The van der Waals surface area contributed by atoms with E-state index >= 15 is 0 Å². The van der Waals surface area contributed by atoms with Gasteiger partial charge in [0.15, 0.2) is 0 Å². The first-order chi connectivity index (χ1) is 15.4. The van der Waals surface area contributed by atoms with Crippen LogP contribution in [0.1, 0.15) is 114 Å². The van der Waals surface area contributed by atoms with E-state index < -0.39 is 18.2 Å². The SMILES string of the molecule is CCCCCC(N(C(N)=O)C1CC(C)(C)NC(C)(C)C1)N(C(N)=O)C1CC(C)(C)NC(C)(C)C1. The fourth-order valence-corrected chi connectivity index (χ4v) is 7.06. The van der Waals surface area contributed by atoms with Gasteiger partial charge in [0.25, 0.3) is 0 Å². The van der Waals surface area contributed by atoms with E-state index in [9.17, 15) is 9.59 Å². The number of amides is 4. The summed E-state index contributed by atoms with van der Waals surface area (Å²) in [5.74, 6) is 0. The Morgan fingerprint density at radius 1 is 0.735 bits per heavy atom. The van der Waals surface area contributed by atoms with Crippen LogP contribution in [0.4, 0.5) is 9.59 Å². The molecule has 8 nitrogen and oxygen atoms in total. The summed E-state index contributed by atoms with van der Waals surface area (Å²) in [4.78, 5) is 29.8. The number of unbranched alkanes of at least 4 members (excludes halogenated alkanes) is 2. The summed E-state index contributed by atoms with van der Waals surface area (Å²) in [6.07, 6.45) is 6.27. The minimum Gasteiger partial charge on any atom is -0.351 e. The number of hydrogen-bond acceptors (Lipinski definition) is 4. The molecule has 2 heterocycles. The van der Waals surface area contributed by atoms with Crippen molar-refractivity contribution in [3.63, 3.8) is 0 Å². The Balaban J connectivity index is 2.52. The summed E-state index contributed by atoms with van der Waals surface area (Å²) in [7, 11) is 0. The molecule has 0 spiro atoms. The van der Waals surface area contributed by atoms with Crippen LogP contribution in [0.5, 0.6) is 0 Å². The van der Waals surface area contributed by atoms with E-state index in [-0.39, 0.29) is 34.2 Å². The number of piperidine rings is 2. The van der Waals surface area contributed by atoms with Gasteiger partial charge in [-0.2, -0.15) is 0 Å². The lowest BCUT2D eigenvalue weighted by molar-refractivity contribution is -0.0179. The minimum absolute atomic E-state index is 0.0834. The van der Waals surface area contributed by atoms with Crippen LogP contribution in [-0.4, -0.2) is 62.3 Å². The number of primary amides is 2. The lowest BCUT2D eigenvalue weighted by Gasteiger charge is -2.55. The first-order valence-corrected chi connectivity index (χ1v) is 13.1. The Kier molecular flexibility index (Phi) is 8.62. The molecule has 2 fully saturated rings. The number of nitrogens with one attached hydrogen (secondary N) is 2. The van der Waals surface area contributed by atoms with Gasteiger partial charge in [0.05, 0.1) is 0 Å². The van der Waals surface area contributed by atoms with Gasteiger partial charge < -0.3 is 31.9 Å². The molecule has 198 valence electrons. The zero-order chi connectivity index (χ0) is 26.1. The molecule has 4 amide bonds. The molecular formula is C26H52N6O2. The summed E-state index contributed by atoms with van der Waals surface area (Å²) >= 11 is 0. The second-order valence-corrected chi connectivity index (χ2v) is 13.4. The maximum atomic E-state index is 13.1. The van der Waals surface area contributed by atoms with Crippen molar-refractivity contribution < 1.29 is 9.59 Å². The number of hydrogen-bond donors (Lipinski definition) is 4. The quantitative estimate of drug-likeness (QED) is 0.306. The van der Waals surface area contributed by atoms with Crippen LogP contribution >= 0.6 is 0 Å². The Hall–Kier alpha value is -1.54. The molecule has 34 heavy (non-hydrogen) atoms. The van der Waals surface area contributed by atoms with E-state index in [1.165, 1.54) is 0 Å². The minimum atomic E-state index is -0.473. The summed E-state index contributed by atoms with van der Waals surface area (Å²) in [6.45, 7) is 19.5. The van der Waals surface area contributed by atoms with Crippen molar-refractivity contribution in [3.8, 4) is 0 Å². The van der Waals surface area contributed by atoms with E-state index in [2.05, 4.69) is 72.9 Å². The Bertz CT molecular complexity index is 645. The van der Waals surface area contributed by atoms with Crippen molar-refractivity contribution in [1.29, 1.82) is 0 Å². The average Bonchev–Trinajstić information content (AvgIpc) is 2.55. The normalized spacial score (nSPS) is 24.1. The van der Waals surface area contributed by atoms with Crippen molar-refractivity contribution >= 4 is 12.1 Å². The molecule has 0 atom stereocenters. The third-order valence-corrected chi connectivity index (χ3v) is 7.34. The van der Waals surface area contributed by atoms with Gasteiger partial charge in [-0.25, -0.2) is 9.59 Å². The number of nitrogens with two attached hydrogens (primary N) is 2. The molecule has 2 aliphatic heterocycles. The van der Waals surface area contributed by atoms with Crippen LogP contribution in [-0.2, 0) is 0 Å². The second kappa shape index (κ2) is 10.2. The molecule has 0 saturated carbocycles. The van der Waals surface area contributed by atoms with Gasteiger partial charge in [0, 0.05) is 34.2 Å².